The SMILES string of the molecule is CS(=O)(=O)N1CCC(N(C(=O)C2(c3ccc(Cl)cc3)CC2)C2CC2)CC1. The number of carbonyl (C=O) groups excluding carboxylic acids is 1. The van der Waals surface area contributed by atoms with Gasteiger partial charge in [0.1, 0.15) is 0 Å². The van der Waals surface area contributed by atoms with Crippen LogP contribution < -0.4 is 0 Å². The van der Waals surface area contributed by atoms with Crippen molar-refractivity contribution in [1.29, 1.82) is 0 Å². The molecular weight excluding hydrogens is 372 g/mol. The largest absolute Gasteiger partial charge is 0.336 e. The van der Waals surface area contributed by atoms with Crippen LogP contribution in [-0.2, 0) is 20.2 Å². The third kappa shape index (κ3) is 3.39. The summed E-state index contributed by atoms with van der Waals surface area (Å²) in [5.74, 6) is 0.236. The van der Waals surface area contributed by atoms with Crippen LogP contribution in [0.2, 0.25) is 5.02 Å². The van der Waals surface area contributed by atoms with Gasteiger partial charge in [-0.3, -0.25) is 4.79 Å². The van der Waals surface area contributed by atoms with E-state index in [1.54, 1.807) is 0 Å². The molecule has 3 aliphatic rings. The summed E-state index contributed by atoms with van der Waals surface area (Å²) in [6, 6.07) is 8.15. The summed E-state index contributed by atoms with van der Waals surface area (Å²) >= 11 is 6.01. The molecule has 2 saturated carbocycles. The standard InChI is InChI=1S/C19H25ClN2O3S/c1-26(24,25)21-12-8-17(9-13-21)22(16-6-7-16)18(23)19(10-11-19)14-2-4-15(20)5-3-14/h2-5,16-17H,6-13H2,1H3. The summed E-state index contributed by atoms with van der Waals surface area (Å²) in [4.78, 5) is 15.6. The molecule has 0 atom stereocenters. The Morgan fingerprint density at radius 1 is 1.08 bits per heavy atom. The van der Waals surface area contributed by atoms with Gasteiger partial charge in [0.15, 0.2) is 0 Å². The van der Waals surface area contributed by atoms with Crippen molar-refractivity contribution in [3.05, 3.63) is 34.9 Å². The van der Waals surface area contributed by atoms with Crippen LogP contribution in [0.4, 0.5) is 0 Å². The minimum Gasteiger partial charge on any atom is -0.336 e. The number of sulfonamides is 1. The predicted octanol–water partition coefficient (Wildman–Crippen LogP) is 2.79. The van der Waals surface area contributed by atoms with Gasteiger partial charge in [-0.05, 0) is 56.2 Å². The van der Waals surface area contributed by atoms with Gasteiger partial charge in [0.2, 0.25) is 15.9 Å². The maximum Gasteiger partial charge on any atom is 0.233 e. The van der Waals surface area contributed by atoms with E-state index >= 15 is 0 Å². The lowest BCUT2D eigenvalue weighted by Crippen LogP contribution is -2.52. The highest BCUT2D eigenvalue weighted by atomic mass is 35.5. The zero-order valence-corrected chi connectivity index (χ0v) is 16.6. The maximum atomic E-state index is 13.5. The van der Waals surface area contributed by atoms with E-state index in [0.29, 0.717) is 24.2 Å². The number of rotatable bonds is 5. The number of benzene rings is 1. The molecule has 0 spiro atoms. The number of amides is 1. The number of piperidine rings is 1. The minimum atomic E-state index is -3.15. The summed E-state index contributed by atoms with van der Waals surface area (Å²) in [5.41, 5.74) is 0.673. The lowest BCUT2D eigenvalue weighted by molar-refractivity contribution is -0.137. The molecule has 1 aliphatic heterocycles. The van der Waals surface area contributed by atoms with E-state index in [1.165, 1.54) is 10.6 Å². The second kappa shape index (κ2) is 6.50. The monoisotopic (exact) mass is 396 g/mol. The van der Waals surface area contributed by atoms with E-state index in [2.05, 4.69) is 4.90 Å². The van der Waals surface area contributed by atoms with Crippen LogP contribution in [0.25, 0.3) is 0 Å². The van der Waals surface area contributed by atoms with Gasteiger partial charge in [0.05, 0.1) is 11.7 Å². The molecule has 1 aromatic rings. The van der Waals surface area contributed by atoms with Gasteiger partial charge in [0.25, 0.3) is 0 Å². The Balaban J connectivity index is 1.52. The van der Waals surface area contributed by atoms with Crippen LogP contribution in [0.15, 0.2) is 24.3 Å². The normalized spacial score (nSPS) is 23.6. The van der Waals surface area contributed by atoms with Gasteiger partial charge >= 0.3 is 0 Å². The highest BCUT2D eigenvalue weighted by Gasteiger charge is 2.56. The van der Waals surface area contributed by atoms with E-state index in [0.717, 1.165) is 44.1 Å². The maximum absolute atomic E-state index is 13.5. The highest BCUT2D eigenvalue weighted by molar-refractivity contribution is 7.88. The number of carbonyl (C=O) groups is 1. The smallest absolute Gasteiger partial charge is 0.233 e. The molecule has 0 radical (unpaired) electrons. The average molecular weight is 397 g/mol. The van der Waals surface area contributed by atoms with Crippen molar-refractivity contribution in [3.63, 3.8) is 0 Å². The molecule has 142 valence electrons. The second-order valence-electron chi connectivity index (χ2n) is 7.93. The Morgan fingerprint density at radius 2 is 1.62 bits per heavy atom. The third-order valence-electron chi connectivity index (χ3n) is 6.02. The van der Waals surface area contributed by atoms with Crippen molar-refractivity contribution in [3.8, 4) is 0 Å². The van der Waals surface area contributed by atoms with Gasteiger partial charge in [-0.25, -0.2) is 12.7 Å². The fourth-order valence-corrected chi connectivity index (χ4v) is 5.20. The Morgan fingerprint density at radius 3 is 2.08 bits per heavy atom. The van der Waals surface area contributed by atoms with E-state index in [9.17, 15) is 13.2 Å². The van der Waals surface area contributed by atoms with Gasteiger partial charge in [-0.2, -0.15) is 0 Å². The molecule has 5 nitrogen and oxygen atoms in total. The third-order valence-corrected chi connectivity index (χ3v) is 7.57. The van der Waals surface area contributed by atoms with Crippen LogP contribution in [0.1, 0.15) is 44.1 Å². The van der Waals surface area contributed by atoms with Crippen molar-refractivity contribution >= 4 is 27.5 Å². The lowest BCUT2D eigenvalue weighted by atomic mass is 9.92. The Kier molecular flexibility index (Phi) is 4.56. The van der Waals surface area contributed by atoms with Crippen LogP contribution in [0.5, 0.6) is 0 Å². The summed E-state index contributed by atoms with van der Waals surface area (Å²) in [5, 5.41) is 0.684. The molecule has 4 rings (SSSR count). The first kappa shape index (κ1) is 18.3. The molecule has 1 amide bonds. The zero-order valence-electron chi connectivity index (χ0n) is 15.0. The van der Waals surface area contributed by atoms with E-state index < -0.39 is 10.0 Å². The van der Waals surface area contributed by atoms with Crippen molar-refractivity contribution in [2.24, 2.45) is 0 Å². The summed E-state index contributed by atoms with van der Waals surface area (Å²) in [6.45, 7) is 1.02. The summed E-state index contributed by atoms with van der Waals surface area (Å²) in [7, 11) is -3.15. The zero-order chi connectivity index (χ0) is 18.5. The molecule has 1 aromatic carbocycles. The topological polar surface area (TPSA) is 57.7 Å². The van der Waals surface area contributed by atoms with Crippen LogP contribution in [-0.4, -0.2) is 55.0 Å². The Bertz CT molecular complexity index is 793. The Labute approximate surface area is 160 Å². The second-order valence-corrected chi connectivity index (χ2v) is 10.3. The van der Waals surface area contributed by atoms with E-state index in [4.69, 9.17) is 11.6 Å². The number of hydrogen-bond donors (Lipinski definition) is 0. The van der Waals surface area contributed by atoms with Crippen molar-refractivity contribution < 1.29 is 13.2 Å². The molecular formula is C19H25ClN2O3S. The van der Waals surface area contributed by atoms with Crippen LogP contribution in [0, 0.1) is 0 Å². The molecule has 0 bridgehead atoms. The molecule has 7 heteroatoms. The average Bonchev–Trinajstić information content (AvgIpc) is 3.49. The molecule has 3 fully saturated rings. The molecule has 0 aromatic heterocycles. The first-order chi connectivity index (χ1) is 12.3. The number of halogens is 1. The number of hydrogen-bond acceptors (Lipinski definition) is 3. The summed E-state index contributed by atoms with van der Waals surface area (Å²) in [6.07, 6.45) is 6.62. The predicted molar refractivity (Wildman–Crippen MR) is 102 cm³/mol. The van der Waals surface area contributed by atoms with E-state index in [1.807, 2.05) is 24.3 Å². The number of nitrogens with zero attached hydrogens (tertiary/aromatic N) is 2. The quantitative estimate of drug-likeness (QED) is 0.768. The van der Waals surface area contributed by atoms with Gasteiger partial charge in [0, 0.05) is 30.2 Å². The molecule has 0 unspecified atom stereocenters. The first-order valence-electron chi connectivity index (χ1n) is 9.35. The van der Waals surface area contributed by atoms with Gasteiger partial charge in [-0.1, -0.05) is 23.7 Å². The van der Waals surface area contributed by atoms with E-state index in [-0.39, 0.29) is 17.4 Å². The Hall–Kier alpha value is -1.11. The van der Waals surface area contributed by atoms with Gasteiger partial charge in [-0.15, -0.1) is 0 Å². The van der Waals surface area contributed by atoms with Crippen molar-refractivity contribution in [1.82, 2.24) is 9.21 Å². The van der Waals surface area contributed by atoms with Gasteiger partial charge < -0.3 is 4.90 Å². The van der Waals surface area contributed by atoms with Crippen LogP contribution in [0.3, 0.4) is 0 Å². The fraction of sp³-hybridized carbons (Fsp3) is 0.632. The summed E-state index contributed by atoms with van der Waals surface area (Å²) < 4.78 is 25.1. The lowest BCUT2D eigenvalue weighted by Gasteiger charge is -2.39. The first-order valence-corrected chi connectivity index (χ1v) is 11.6. The van der Waals surface area contributed by atoms with Crippen LogP contribution >= 0.6 is 11.6 Å². The minimum absolute atomic E-state index is 0.151. The molecule has 26 heavy (non-hydrogen) atoms. The van der Waals surface area contributed by atoms with Crippen molar-refractivity contribution in [2.75, 3.05) is 19.3 Å². The van der Waals surface area contributed by atoms with Crippen molar-refractivity contribution in [2.45, 2.75) is 56.0 Å². The molecule has 1 heterocycles. The molecule has 0 N–H and O–H groups in total. The molecule has 2 aliphatic carbocycles. The molecule has 1 saturated heterocycles. The fourth-order valence-electron chi connectivity index (χ4n) is 4.20. The highest BCUT2D eigenvalue weighted by Crippen LogP contribution is 2.51.